The predicted octanol–water partition coefficient (Wildman–Crippen LogP) is 3.58. The number of carbonyl (C=O) groups is 3. The topological polar surface area (TPSA) is 78.9 Å². The predicted molar refractivity (Wildman–Crippen MR) is 104 cm³/mol. The van der Waals surface area contributed by atoms with E-state index >= 15 is 0 Å². The first-order valence-electron chi connectivity index (χ1n) is 9.38. The minimum atomic E-state index is -0.632. The van der Waals surface area contributed by atoms with E-state index in [1.807, 2.05) is 19.9 Å². The van der Waals surface area contributed by atoms with Crippen LogP contribution in [-0.4, -0.2) is 36.2 Å². The Kier molecular flexibility index (Phi) is 7.00. The summed E-state index contributed by atoms with van der Waals surface area (Å²) < 4.78 is 16.7. The van der Waals surface area contributed by atoms with Gasteiger partial charge >= 0.3 is 17.9 Å². The van der Waals surface area contributed by atoms with Crippen molar-refractivity contribution < 1.29 is 28.6 Å². The van der Waals surface area contributed by atoms with E-state index in [0.717, 1.165) is 11.1 Å². The van der Waals surface area contributed by atoms with Gasteiger partial charge in [-0.15, -0.1) is 0 Å². The van der Waals surface area contributed by atoms with Crippen molar-refractivity contribution in [2.24, 2.45) is 5.92 Å². The van der Waals surface area contributed by atoms with Crippen LogP contribution in [0, 0.1) is 5.92 Å². The summed E-state index contributed by atoms with van der Waals surface area (Å²) in [6.45, 7) is 12.4. The molecule has 0 unspecified atom stereocenters. The molecule has 0 amide bonds. The number of fused-ring (bicyclic) bond motifs is 1. The number of ether oxygens (including phenoxy) is 3. The van der Waals surface area contributed by atoms with Crippen LogP contribution in [0.1, 0.15) is 47.5 Å². The number of hydrogen-bond donors (Lipinski definition) is 0. The molecule has 0 N–H and O–H groups in total. The molecule has 0 saturated carbocycles. The molecule has 0 aromatic rings. The molecule has 0 aromatic heterocycles. The van der Waals surface area contributed by atoms with Crippen LogP contribution < -0.4 is 0 Å². The molecule has 1 aliphatic heterocycles. The van der Waals surface area contributed by atoms with Gasteiger partial charge in [-0.25, -0.2) is 9.59 Å². The Morgan fingerprint density at radius 2 is 1.93 bits per heavy atom. The Morgan fingerprint density at radius 3 is 2.54 bits per heavy atom. The lowest BCUT2D eigenvalue weighted by Crippen LogP contribution is -2.34. The van der Waals surface area contributed by atoms with E-state index in [0.29, 0.717) is 18.4 Å². The van der Waals surface area contributed by atoms with Crippen molar-refractivity contribution in [3.63, 3.8) is 0 Å². The van der Waals surface area contributed by atoms with Gasteiger partial charge in [0.2, 0.25) is 0 Å². The minimum absolute atomic E-state index is 0.280. The molecule has 28 heavy (non-hydrogen) atoms. The normalized spacial score (nSPS) is 32.2. The summed E-state index contributed by atoms with van der Waals surface area (Å²) in [6.07, 6.45) is 4.69. The lowest BCUT2D eigenvalue weighted by Gasteiger charge is -2.28. The standard InChI is InChI=1S/C22H28O6/c1-7-13(3)21(24)27-18-10-12(2)8-9-17(26-16(6)23)14(4)11-19-20(18)15(5)22(25)28-19/h7-8,11,17-20H,5,9-10H2,1-4,6H3/b12-8+,13-7-,14-11-/t17-,18-,19+,20-/m1/s1. The monoisotopic (exact) mass is 388 g/mol. The van der Waals surface area contributed by atoms with Crippen molar-refractivity contribution >= 4 is 17.9 Å². The fourth-order valence-electron chi connectivity index (χ4n) is 3.37. The molecule has 4 atom stereocenters. The smallest absolute Gasteiger partial charge is 0.334 e. The molecular weight excluding hydrogens is 360 g/mol. The Bertz CT molecular complexity index is 770. The van der Waals surface area contributed by atoms with Crippen LogP contribution in [0.4, 0.5) is 0 Å². The van der Waals surface area contributed by atoms with Gasteiger partial charge in [-0.1, -0.05) is 24.3 Å². The molecule has 1 saturated heterocycles. The van der Waals surface area contributed by atoms with Gasteiger partial charge in [0, 0.05) is 30.9 Å². The maximum Gasteiger partial charge on any atom is 0.334 e. The first kappa shape index (κ1) is 21.7. The number of allylic oxidation sites excluding steroid dienone is 1. The van der Waals surface area contributed by atoms with Crippen molar-refractivity contribution in [2.75, 3.05) is 0 Å². The largest absolute Gasteiger partial charge is 0.458 e. The second-order valence-electron chi connectivity index (χ2n) is 7.34. The molecule has 0 bridgehead atoms. The summed E-state index contributed by atoms with van der Waals surface area (Å²) in [6, 6.07) is 0. The Morgan fingerprint density at radius 1 is 1.25 bits per heavy atom. The molecule has 0 spiro atoms. The van der Waals surface area contributed by atoms with Gasteiger partial charge in [0.05, 0.1) is 5.92 Å². The molecule has 1 aliphatic carbocycles. The van der Waals surface area contributed by atoms with Gasteiger partial charge in [-0.05, 0) is 39.3 Å². The lowest BCUT2D eigenvalue weighted by atomic mass is 9.85. The van der Waals surface area contributed by atoms with E-state index in [1.54, 1.807) is 26.0 Å². The molecule has 0 aromatic carbocycles. The van der Waals surface area contributed by atoms with E-state index in [9.17, 15) is 14.4 Å². The van der Waals surface area contributed by atoms with Crippen molar-refractivity contribution in [3.05, 3.63) is 47.1 Å². The highest BCUT2D eigenvalue weighted by molar-refractivity contribution is 5.92. The third kappa shape index (κ3) is 5.00. The molecule has 0 radical (unpaired) electrons. The number of carbonyl (C=O) groups excluding carboxylic acids is 3. The van der Waals surface area contributed by atoms with Crippen LogP contribution in [0.25, 0.3) is 0 Å². The molecule has 1 fully saturated rings. The van der Waals surface area contributed by atoms with Gasteiger partial charge in [0.1, 0.15) is 18.3 Å². The van der Waals surface area contributed by atoms with E-state index in [1.165, 1.54) is 6.92 Å². The zero-order chi connectivity index (χ0) is 21.0. The lowest BCUT2D eigenvalue weighted by molar-refractivity contribution is -0.148. The van der Waals surface area contributed by atoms with Crippen LogP contribution in [-0.2, 0) is 28.6 Å². The van der Waals surface area contributed by atoms with Crippen LogP contribution in [0.2, 0.25) is 0 Å². The second kappa shape index (κ2) is 9.04. The summed E-state index contributed by atoms with van der Waals surface area (Å²) in [7, 11) is 0. The number of esters is 3. The SMILES string of the molecule is C=C1C(=O)O[C@H]2/C=C(/C)[C@H](OC(C)=O)C/C=C(\C)C[C@@H](OC(=O)/C(C)=C\C)[C@@H]12. The Hall–Kier alpha value is -2.63. The zero-order valence-corrected chi connectivity index (χ0v) is 17.1. The average Bonchev–Trinajstić information content (AvgIpc) is 2.89. The summed E-state index contributed by atoms with van der Waals surface area (Å²) >= 11 is 0. The fourth-order valence-corrected chi connectivity index (χ4v) is 3.37. The first-order chi connectivity index (χ1) is 13.1. The van der Waals surface area contributed by atoms with Gasteiger partial charge in [-0.3, -0.25) is 4.79 Å². The van der Waals surface area contributed by atoms with Gasteiger partial charge in [0.15, 0.2) is 0 Å². The number of hydrogen-bond acceptors (Lipinski definition) is 6. The molecule has 6 heteroatoms. The summed E-state index contributed by atoms with van der Waals surface area (Å²) in [4.78, 5) is 36.0. The summed E-state index contributed by atoms with van der Waals surface area (Å²) in [5, 5.41) is 0. The number of rotatable bonds is 3. The van der Waals surface area contributed by atoms with Crippen LogP contribution in [0.5, 0.6) is 0 Å². The quantitative estimate of drug-likeness (QED) is 0.318. The van der Waals surface area contributed by atoms with Crippen LogP contribution >= 0.6 is 0 Å². The van der Waals surface area contributed by atoms with Crippen LogP contribution in [0.3, 0.4) is 0 Å². The van der Waals surface area contributed by atoms with E-state index in [4.69, 9.17) is 14.2 Å². The van der Waals surface area contributed by atoms with Crippen molar-refractivity contribution in [2.45, 2.75) is 65.8 Å². The molecule has 1 heterocycles. The summed E-state index contributed by atoms with van der Waals surface area (Å²) in [5.41, 5.74) is 2.51. The Labute approximate surface area is 165 Å². The third-order valence-corrected chi connectivity index (χ3v) is 5.12. The zero-order valence-electron chi connectivity index (χ0n) is 17.1. The summed E-state index contributed by atoms with van der Waals surface area (Å²) in [5.74, 6) is -1.82. The molecule has 152 valence electrons. The van der Waals surface area contributed by atoms with Gasteiger partial charge in [0.25, 0.3) is 0 Å². The van der Waals surface area contributed by atoms with Gasteiger partial charge in [-0.2, -0.15) is 0 Å². The van der Waals surface area contributed by atoms with E-state index < -0.39 is 36.2 Å². The van der Waals surface area contributed by atoms with Crippen molar-refractivity contribution in [1.29, 1.82) is 0 Å². The van der Waals surface area contributed by atoms with Crippen molar-refractivity contribution in [1.82, 2.24) is 0 Å². The second-order valence-corrected chi connectivity index (χ2v) is 7.34. The molecule has 2 rings (SSSR count). The van der Waals surface area contributed by atoms with Gasteiger partial charge < -0.3 is 14.2 Å². The average molecular weight is 388 g/mol. The molecule has 2 aliphatic rings. The maximum atomic E-state index is 12.4. The fraction of sp³-hybridized carbons (Fsp3) is 0.500. The van der Waals surface area contributed by atoms with E-state index in [-0.39, 0.29) is 11.5 Å². The maximum absolute atomic E-state index is 12.4. The molecular formula is C22H28O6. The van der Waals surface area contributed by atoms with Crippen LogP contribution in [0.15, 0.2) is 47.1 Å². The molecule has 6 nitrogen and oxygen atoms in total. The highest BCUT2D eigenvalue weighted by Gasteiger charge is 2.44. The first-order valence-corrected chi connectivity index (χ1v) is 9.38. The van der Waals surface area contributed by atoms with E-state index in [2.05, 4.69) is 6.58 Å². The third-order valence-electron chi connectivity index (χ3n) is 5.12. The minimum Gasteiger partial charge on any atom is -0.458 e. The highest BCUT2D eigenvalue weighted by Crippen LogP contribution is 2.36. The van der Waals surface area contributed by atoms with Crippen molar-refractivity contribution in [3.8, 4) is 0 Å². The Balaban J connectivity index is 2.44. The highest BCUT2D eigenvalue weighted by atomic mass is 16.6.